The zero-order valence-electron chi connectivity index (χ0n) is 16.2. The van der Waals surface area contributed by atoms with Crippen molar-refractivity contribution in [3.63, 3.8) is 0 Å². The summed E-state index contributed by atoms with van der Waals surface area (Å²) in [4.78, 5) is 23.7. The summed E-state index contributed by atoms with van der Waals surface area (Å²) in [6.07, 6.45) is 9.89. The van der Waals surface area contributed by atoms with Crippen LogP contribution in [-0.4, -0.2) is 36.0 Å². The molecule has 1 aromatic carbocycles. The zero-order chi connectivity index (χ0) is 20.8. The summed E-state index contributed by atoms with van der Waals surface area (Å²) in [6, 6.07) is 6.68. The molecule has 0 amide bonds. The van der Waals surface area contributed by atoms with Crippen molar-refractivity contribution in [2.24, 2.45) is 0 Å². The molecule has 29 heavy (non-hydrogen) atoms. The molecule has 2 aliphatic carbocycles. The van der Waals surface area contributed by atoms with Crippen molar-refractivity contribution in [2.75, 3.05) is 7.11 Å². The zero-order valence-corrected chi connectivity index (χ0v) is 17.0. The Morgan fingerprint density at radius 2 is 2.00 bits per heavy atom. The minimum atomic E-state index is -3.88. The highest BCUT2D eigenvalue weighted by Crippen LogP contribution is 2.36. The quantitative estimate of drug-likeness (QED) is 0.719. The highest BCUT2D eigenvalue weighted by Gasteiger charge is 2.40. The van der Waals surface area contributed by atoms with Crippen LogP contribution in [0.4, 0.5) is 0 Å². The second-order valence-electron chi connectivity index (χ2n) is 7.50. The minimum Gasteiger partial charge on any atom is -0.465 e. The van der Waals surface area contributed by atoms with Crippen LogP contribution in [0.2, 0.25) is 0 Å². The number of fused-ring (bicyclic) bond motifs is 1. The Kier molecular flexibility index (Phi) is 4.58. The molecule has 6 nitrogen and oxygen atoms in total. The van der Waals surface area contributed by atoms with Gasteiger partial charge in [-0.2, -0.15) is 0 Å². The average molecular weight is 411 g/mol. The number of benzene rings is 1. The Morgan fingerprint density at radius 1 is 1.21 bits per heavy atom. The molecule has 1 aromatic heterocycles. The largest absolute Gasteiger partial charge is 0.465 e. The average Bonchev–Trinajstić information content (AvgIpc) is 3.34. The van der Waals surface area contributed by atoms with Crippen molar-refractivity contribution in [1.82, 2.24) is 3.97 Å². The molecule has 0 bridgehead atoms. The van der Waals surface area contributed by atoms with Gasteiger partial charge in [0.1, 0.15) is 4.75 Å². The van der Waals surface area contributed by atoms with Crippen molar-refractivity contribution in [3.8, 4) is 0 Å². The third kappa shape index (κ3) is 3.06. The molecule has 1 unspecified atom stereocenters. The van der Waals surface area contributed by atoms with Crippen LogP contribution >= 0.6 is 0 Å². The fourth-order valence-electron chi connectivity index (χ4n) is 3.83. The van der Waals surface area contributed by atoms with Crippen molar-refractivity contribution >= 4 is 32.7 Å². The van der Waals surface area contributed by atoms with Gasteiger partial charge in [0.25, 0.3) is 0 Å². The number of hydrogen-bond acceptors (Lipinski definition) is 5. The maximum absolute atomic E-state index is 13.6. The SMILES string of the molecule is COC(=O)c1cccc2ccn(S(=O)(=O)C3(C)C=CC(C4=CC(=O)CC4)=CC3)c12. The van der Waals surface area contributed by atoms with E-state index in [0.717, 1.165) is 11.1 Å². The maximum Gasteiger partial charge on any atom is 0.340 e. The number of rotatable bonds is 4. The van der Waals surface area contributed by atoms with Gasteiger partial charge in [-0.25, -0.2) is 17.2 Å². The summed E-state index contributed by atoms with van der Waals surface area (Å²) in [5, 5.41) is 0.644. The molecule has 1 atom stereocenters. The highest BCUT2D eigenvalue weighted by molar-refractivity contribution is 7.91. The Balaban J connectivity index is 1.76. The first kappa shape index (κ1) is 19.4. The van der Waals surface area contributed by atoms with Crippen LogP contribution in [0.3, 0.4) is 0 Å². The Hall–Kier alpha value is -2.93. The number of carbonyl (C=O) groups is 2. The van der Waals surface area contributed by atoms with Crippen LogP contribution in [-0.2, 0) is 19.6 Å². The monoisotopic (exact) mass is 411 g/mol. The van der Waals surface area contributed by atoms with Gasteiger partial charge in [-0.1, -0.05) is 30.4 Å². The van der Waals surface area contributed by atoms with Crippen LogP contribution in [0.25, 0.3) is 10.9 Å². The molecule has 0 aliphatic heterocycles. The fourth-order valence-corrected chi connectivity index (χ4v) is 5.48. The molecule has 0 radical (unpaired) electrons. The lowest BCUT2D eigenvalue weighted by Gasteiger charge is -2.29. The summed E-state index contributed by atoms with van der Waals surface area (Å²) in [6.45, 7) is 1.66. The summed E-state index contributed by atoms with van der Waals surface area (Å²) >= 11 is 0. The number of carbonyl (C=O) groups excluding carboxylic acids is 2. The molecule has 150 valence electrons. The lowest BCUT2D eigenvalue weighted by molar-refractivity contribution is -0.114. The van der Waals surface area contributed by atoms with Crippen molar-refractivity contribution in [3.05, 3.63) is 71.5 Å². The predicted octanol–water partition coefficient (Wildman–Crippen LogP) is 3.54. The van der Waals surface area contributed by atoms with Crippen molar-refractivity contribution in [2.45, 2.75) is 30.9 Å². The van der Waals surface area contributed by atoms with E-state index in [4.69, 9.17) is 4.74 Å². The molecule has 7 heteroatoms. The van der Waals surface area contributed by atoms with Gasteiger partial charge in [-0.05, 0) is 49.1 Å². The second-order valence-corrected chi connectivity index (χ2v) is 9.77. The van der Waals surface area contributed by atoms with Crippen LogP contribution in [0.15, 0.2) is 65.9 Å². The van der Waals surface area contributed by atoms with E-state index in [2.05, 4.69) is 0 Å². The Bertz CT molecular complexity index is 1230. The third-order valence-corrected chi connectivity index (χ3v) is 7.92. The van der Waals surface area contributed by atoms with Gasteiger partial charge in [-0.3, -0.25) is 4.79 Å². The van der Waals surface area contributed by atoms with Gasteiger partial charge < -0.3 is 4.74 Å². The van der Waals surface area contributed by atoms with Gasteiger partial charge in [0, 0.05) is 18.0 Å². The number of ketones is 1. The van der Waals surface area contributed by atoms with E-state index in [9.17, 15) is 18.0 Å². The van der Waals surface area contributed by atoms with Crippen LogP contribution in [0, 0.1) is 0 Å². The molecule has 0 saturated carbocycles. The summed E-state index contributed by atoms with van der Waals surface area (Å²) in [5.74, 6) is -0.487. The summed E-state index contributed by atoms with van der Waals surface area (Å²) < 4.78 is 32.0. The number of nitrogens with zero attached hydrogens (tertiary/aromatic N) is 1. The van der Waals surface area contributed by atoms with Gasteiger partial charge in [-0.15, -0.1) is 0 Å². The molecule has 0 saturated heterocycles. The molecule has 2 aromatic rings. The Labute approximate surface area is 169 Å². The first-order valence-corrected chi connectivity index (χ1v) is 10.8. The van der Waals surface area contributed by atoms with E-state index < -0.39 is 20.7 Å². The second kappa shape index (κ2) is 6.84. The standard InChI is InChI=1S/C22H21NO5S/c1-22(11-8-15(9-12-22)17-6-7-18(24)14-17)29(26,27)23-13-10-16-4-3-5-19(20(16)23)21(25)28-2/h3-5,8-11,13-14H,6-7,12H2,1-2H3. The molecular formula is C22H21NO5S. The summed E-state index contributed by atoms with van der Waals surface area (Å²) in [7, 11) is -2.61. The number of esters is 1. The number of methoxy groups -OCH3 is 1. The van der Waals surface area contributed by atoms with E-state index in [1.807, 2.05) is 6.08 Å². The predicted molar refractivity (Wildman–Crippen MR) is 110 cm³/mol. The highest BCUT2D eigenvalue weighted by atomic mass is 32.2. The molecule has 0 N–H and O–H groups in total. The number of allylic oxidation sites excluding steroid dienone is 5. The molecule has 4 rings (SSSR count). The van der Waals surface area contributed by atoms with E-state index in [0.29, 0.717) is 23.7 Å². The minimum absolute atomic E-state index is 0.101. The van der Waals surface area contributed by atoms with Crippen molar-refractivity contribution in [1.29, 1.82) is 0 Å². The van der Waals surface area contributed by atoms with E-state index >= 15 is 0 Å². The molecule has 0 spiro atoms. The maximum atomic E-state index is 13.6. The van der Waals surface area contributed by atoms with Gasteiger partial charge in [0.05, 0.1) is 18.2 Å². The smallest absolute Gasteiger partial charge is 0.340 e. The Morgan fingerprint density at radius 3 is 2.62 bits per heavy atom. The number of aromatic nitrogens is 1. The van der Waals surface area contributed by atoms with Gasteiger partial charge in [0.15, 0.2) is 5.78 Å². The number of para-hydroxylation sites is 1. The van der Waals surface area contributed by atoms with Crippen LogP contribution in [0.5, 0.6) is 0 Å². The van der Waals surface area contributed by atoms with Crippen molar-refractivity contribution < 1.29 is 22.7 Å². The molecule has 1 heterocycles. The molecule has 0 fully saturated rings. The molecule has 2 aliphatic rings. The number of ether oxygens (including phenoxy) is 1. The van der Waals surface area contributed by atoms with E-state index in [-0.39, 0.29) is 17.8 Å². The first-order valence-electron chi connectivity index (χ1n) is 9.33. The molecular weight excluding hydrogens is 390 g/mol. The fraction of sp³-hybridized carbons (Fsp3) is 0.273. The van der Waals surface area contributed by atoms with Gasteiger partial charge in [0.2, 0.25) is 10.0 Å². The number of hydrogen-bond donors (Lipinski definition) is 0. The normalized spacial score (nSPS) is 21.9. The summed E-state index contributed by atoms with van der Waals surface area (Å²) in [5.41, 5.74) is 2.36. The lowest BCUT2D eigenvalue weighted by Crippen LogP contribution is -2.38. The van der Waals surface area contributed by atoms with E-state index in [1.165, 1.54) is 17.3 Å². The third-order valence-electron chi connectivity index (χ3n) is 5.62. The topological polar surface area (TPSA) is 82.4 Å². The van der Waals surface area contributed by atoms with Crippen LogP contribution in [0.1, 0.15) is 36.5 Å². The lowest BCUT2D eigenvalue weighted by atomic mass is 9.93. The van der Waals surface area contributed by atoms with E-state index in [1.54, 1.807) is 49.4 Å². The van der Waals surface area contributed by atoms with Crippen LogP contribution < -0.4 is 0 Å². The first-order chi connectivity index (χ1) is 13.8. The van der Waals surface area contributed by atoms with Gasteiger partial charge >= 0.3 is 5.97 Å².